The summed E-state index contributed by atoms with van der Waals surface area (Å²) >= 11 is 0. The van der Waals surface area contributed by atoms with Crippen LogP contribution in [0.5, 0.6) is 5.75 Å². The Morgan fingerprint density at radius 2 is 1.70 bits per heavy atom. The van der Waals surface area contributed by atoms with E-state index < -0.39 is 0 Å². The van der Waals surface area contributed by atoms with Crippen molar-refractivity contribution in [3.63, 3.8) is 0 Å². The van der Waals surface area contributed by atoms with Gasteiger partial charge in [0.25, 0.3) is 0 Å². The minimum Gasteiger partial charge on any atom is -0.492 e. The molecule has 2 rings (SSSR count). The summed E-state index contributed by atoms with van der Waals surface area (Å²) in [6.45, 7) is 1.68. The monoisotopic (exact) mass is 276 g/mol. The number of anilines is 1. The van der Waals surface area contributed by atoms with Crippen LogP contribution in [-0.4, -0.2) is 38.2 Å². The van der Waals surface area contributed by atoms with Crippen LogP contribution in [0.25, 0.3) is 0 Å². The summed E-state index contributed by atoms with van der Waals surface area (Å²) in [6.07, 6.45) is 8.14. The van der Waals surface area contributed by atoms with Gasteiger partial charge < -0.3 is 15.0 Å². The molecule has 0 aromatic heterocycles. The first-order valence-electron chi connectivity index (χ1n) is 7.88. The Hall–Kier alpha value is -1.22. The molecule has 0 amide bonds. The molecule has 0 aliphatic heterocycles. The summed E-state index contributed by atoms with van der Waals surface area (Å²) in [5, 5.41) is 3.66. The highest BCUT2D eigenvalue weighted by Gasteiger charge is 2.11. The lowest BCUT2D eigenvalue weighted by Gasteiger charge is -2.18. The molecule has 0 radical (unpaired) electrons. The second-order valence-electron chi connectivity index (χ2n) is 6.01. The summed E-state index contributed by atoms with van der Waals surface area (Å²) in [5.41, 5.74) is 1.22. The Bertz CT molecular complexity index is 367. The van der Waals surface area contributed by atoms with E-state index in [0.717, 1.165) is 18.9 Å². The Labute approximate surface area is 123 Å². The third kappa shape index (κ3) is 5.41. The molecule has 1 N–H and O–H groups in total. The summed E-state index contributed by atoms with van der Waals surface area (Å²) in [5.74, 6) is 0.957. The van der Waals surface area contributed by atoms with Crippen LogP contribution in [0.3, 0.4) is 0 Å². The average Bonchev–Trinajstić information content (AvgIpc) is 2.69. The standard InChI is InChI=1S/C17H28N2O/c1-19(2)13-14-20-17-11-9-16(10-12-17)18-15-7-5-3-4-6-8-15/h9-12,15,18H,3-8,13-14H2,1-2H3. The fourth-order valence-electron chi connectivity index (χ4n) is 2.65. The molecule has 0 saturated heterocycles. The molecule has 112 valence electrons. The zero-order valence-corrected chi connectivity index (χ0v) is 12.9. The summed E-state index contributed by atoms with van der Waals surface area (Å²) in [7, 11) is 4.12. The Morgan fingerprint density at radius 1 is 1.05 bits per heavy atom. The van der Waals surface area contributed by atoms with E-state index in [1.54, 1.807) is 0 Å². The number of nitrogens with zero attached hydrogens (tertiary/aromatic N) is 1. The van der Waals surface area contributed by atoms with Crippen LogP contribution in [0.2, 0.25) is 0 Å². The lowest BCUT2D eigenvalue weighted by molar-refractivity contribution is 0.261. The van der Waals surface area contributed by atoms with Gasteiger partial charge in [0.15, 0.2) is 0 Å². The molecule has 20 heavy (non-hydrogen) atoms. The van der Waals surface area contributed by atoms with Gasteiger partial charge in [0, 0.05) is 18.3 Å². The van der Waals surface area contributed by atoms with Crippen molar-refractivity contribution in [2.24, 2.45) is 0 Å². The van der Waals surface area contributed by atoms with Gasteiger partial charge in [-0.15, -0.1) is 0 Å². The van der Waals surface area contributed by atoms with Gasteiger partial charge in [-0.25, -0.2) is 0 Å². The van der Waals surface area contributed by atoms with E-state index >= 15 is 0 Å². The van der Waals surface area contributed by atoms with E-state index in [9.17, 15) is 0 Å². The van der Waals surface area contributed by atoms with Gasteiger partial charge in [-0.05, 0) is 51.2 Å². The molecule has 1 aromatic rings. The van der Waals surface area contributed by atoms with Gasteiger partial charge in [0.05, 0.1) is 0 Å². The van der Waals surface area contributed by atoms with Crippen LogP contribution in [0.1, 0.15) is 38.5 Å². The van der Waals surface area contributed by atoms with Crippen LogP contribution < -0.4 is 10.1 Å². The highest BCUT2D eigenvalue weighted by molar-refractivity contribution is 5.47. The van der Waals surface area contributed by atoms with Crippen LogP contribution in [0.4, 0.5) is 5.69 Å². The molecule has 0 bridgehead atoms. The molecule has 0 atom stereocenters. The van der Waals surface area contributed by atoms with Crippen LogP contribution in [0.15, 0.2) is 24.3 Å². The maximum absolute atomic E-state index is 5.71. The quantitative estimate of drug-likeness (QED) is 0.801. The lowest BCUT2D eigenvalue weighted by Crippen LogP contribution is -2.19. The van der Waals surface area contributed by atoms with Gasteiger partial charge in [-0.3, -0.25) is 0 Å². The molecule has 3 nitrogen and oxygen atoms in total. The third-order valence-electron chi connectivity index (χ3n) is 3.89. The van der Waals surface area contributed by atoms with E-state index in [2.05, 4.69) is 48.6 Å². The van der Waals surface area contributed by atoms with E-state index in [1.807, 2.05) is 0 Å². The number of nitrogens with one attached hydrogen (secondary N) is 1. The minimum atomic E-state index is 0.651. The Morgan fingerprint density at radius 3 is 2.30 bits per heavy atom. The van der Waals surface area contributed by atoms with E-state index in [-0.39, 0.29) is 0 Å². The summed E-state index contributed by atoms with van der Waals surface area (Å²) in [4.78, 5) is 2.13. The van der Waals surface area contributed by atoms with Crippen molar-refractivity contribution in [3.05, 3.63) is 24.3 Å². The van der Waals surface area contributed by atoms with Crippen LogP contribution in [-0.2, 0) is 0 Å². The Kier molecular flexibility index (Phi) is 6.19. The first-order chi connectivity index (χ1) is 9.74. The molecule has 1 aliphatic rings. The molecule has 0 heterocycles. The van der Waals surface area contributed by atoms with Crippen molar-refractivity contribution >= 4 is 5.69 Å². The van der Waals surface area contributed by atoms with E-state index in [0.29, 0.717) is 6.04 Å². The second-order valence-corrected chi connectivity index (χ2v) is 6.01. The van der Waals surface area contributed by atoms with Crippen molar-refractivity contribution in [1.29, 1.82) is 0 Å². The predicted octanol–water partition coefficient (Wildman–Crippen LogP) is 3.76. The summed E-state index contributed by atoms with van der Waals surface area (Å²) in [6, 6.07) is 9.05. The topological polar surface area (TPSA) is 24.5 Å². The molecule has 0 unspecified atom stereocenters. The molecule has 0 spiro atoms. The zero-order chi connectivity index (χ0) is 14.2. The van der Waals surface area contributed by atoms with Gasteiger partial charge >= 0.3 is 0 Å². The summed E-state index contributed by atoms with van der Waals surface area (Å²) < 4.78 is 5.71. The molecule has 1 saturated carbocycles. The smallest absolute Gasteiger partial charge is 0.119 e. The number of benzene rings is 1. The fourth-order valence-corrected chi connectivity index (χ4v) is 2.65. The van der Waals surface area contributed by atoms with Gasteiger partial charge in [0.1, 0.15) is 12.4 Å². The van der Waals surface area contributed by atoms with Gasteiger partial charge in [0.2, 0.25) is 0 Å². The Balaban J connectivity index is 1.78. The molecule has 1 aliphatic carbocycles. The predicted molar refractivity (Wildman–Crippen MR) is 85.6 cm³/mol. The highest BCUT2D eigenvalue weighted by Crippen LogP contribution is 2.22. The number of ether oxygens (including phenoxy) is 1. The number of hydrogen-bond donors (Lipinski definition) is 1. The zero-order valence-electron chi connectivity index (χ0n) is 12.9. The lowest BCUT2D eigenvalue weighted by atomic mass is 10.1. The molecule has 1 aromatic carbocycles. The number of likely N-dealkylation sites (N-methyl/N-ethyl adjacent to an activating group) is 1. The largest absolute Gasteiger partial charge is 0.492 e. The second kappa shape index (κ2) is 8.15. The van der Waals surface area contributed by atoms with Gasteiger partial charge in [-0.1, -0.05) is 25.7 Å². The van der Waals surface area contributed by atoms with Crippen molar-refractivity contribution in [3.8, 4) is 5.75 Å². The first-order valence-corrected chi connectivity index (χ1v) is 7.88. The molecule has 3 heteroatoms. The number of rotatable bonds is 6. The third-order valence-corrected chi connectivity index (χ3v) is 3.89. The number of hydrogen-bond acceptors (Lipinski definition) is 3. The fraction of sp³-hybridized carbons (Fsp3) is 0.647. The van der Waals surface area contributed by atoms with Crippen LogP contribution in [0, 0.1) is 0 Å². The minimum absolute atomic E-state index is 0.651. The van der Waals surface area contributed by atoms with Crippen LogP contribution >= 0.6 is 0 Å². The highest BCUT2D eigenvalue weighted by atomic mass is 16.5. The first kappa shape index (κ1) is 15.2. The maximum atomic E-state index is 5.71. The maximum Gasteiger partial charge on any atom is 0.119 e. The van der Waals surface area contributed by atoms with Gasteiger partial charge in [-0.2, -0.15) is 0 Å². The van der Waals surface area contributed by atoms with E-state index in [1.165, 1.54) is 44.2 Å². The van der Waals surface area contributed by atoms with E-state index in [4.69, 9.17) is 4.74 Å². The normalized spacial score (nSPS) is 16.9. The van der Waals surface area contributed by atoms with Crippen molar-refractivity contribution in [2.45, 2.75) is 44.6 Å². The van der Waals surface area contributed by atoms with Crippen molar-refractivity contribution in [1.82, 2.24) is 4.90 Å². The SMILES string of the molecule is CN(C)CCOc1ccc(NC2CCCCCC2)cc1. The molecule has 1 fully saturated rings. The van der Waals surface area contributed by atoms with Crippen molar-refractivity contribution < 1.29 is 4.74 Å². The average molecular weight is 276 g/mol. The van der Waals surface area contributed by atoms with Crippen molar-refractivity contribution in [2.75, 3.05) is 32.6 Å². The molecular weight excluding hydrogens is 248 g/mol. The molecular formula is C17H28N2O.